The molecule has 0 atom stereocenters. The molecule has 0 saturated carbocycles. The van der Waals surface area contributed by atoms with Crippen molar-refractivity contribution in [2.75, 3.05) is 5.32 Å². The summed E-state index contributed by atoms with van der Waals surface area (Å²) in [6, 6.07) is 12.5. The van der Waals surface area contributed by atoms with E-state index in [9.17, 15) is 18.4 Å². The van der Waals surface area contributed by atoms with Crippen LogP contribution in [0.15, 0.2) is 65.6 Å². The van der Waals surface area contributed by atoms with Gasteiger partial charge in [-0.2, -0.15) is 0 Å². The van der Waals surface area contributed by atoms with Crippen LogP contribution in [-0.4, -0.2) is 10.5 Å². The average molecular weight is 375 g/mol. The lowest BCUT2D eigenvalue weighted by Gasteiger charge is -2.10. The zero-order chi connectivity index (χ0) is 18.7. The number of rotatable bonds is 4. The second-order valence-electron chi connectivity index (χ2n) is 5.52. The highest BCUT2D eigenvalue weighted by Crippen LogP contribution is 2.17. The van der Waals surface area contributed by atoms with Gasteiger partial charge in [0.05, 0.1) is 12.2 Å². The Morgan fingerprint density at radius 2 is 1.85 bits per heavy atom. The highest BCUT2D eigenvalue weighted by Gasteiger charge is 2.15. The van der Waals surface area contributed by atoms with E-state index in [1.165, 1.54) is 22.9 Å². The Balaban J connectivity index is 1.89. The molecule has 7 heteroatoms. The van der Waals surface area contributed by atoms with Crippen molar-refractivity contribution in [2.24, 2.45) is 0 Å². The summed E-state index contributed by atoms with van der Waals surface area (Å²) in [5, 5.41) is 2.71. The Labute approximate surface area is 152 Å². The molecule has 3 rings (SSSR count). The third-order valence-corrected chi connectivity index (χ3v) is 4.11. The molecule has 132 valence electrons. The highest BCUT2D eigenvalue weighted by atomic mass is 35.5. The quantitative estimate of drug-likeness (QED) is 0.748. The second-order valence-corrected chi connectivity index (χ2v) is 5.93. The fraction of sp³-hybridized carbons (Fsp3) is 0.0526. The van der Waals surface area contributed by atoms with Crippen molar-refractivity contribution in [1.29, 1.82) is 0 Å². The molecule has 0 aliphatic carbocycles. The summed E-state index contributed by atoms with van der Waals surface area (Å²) in [6.07, 6.45) is 1.52. The Kier molecular flexibility index (Phi) is 5.14. The molecule has 4 nitrogen and oxygen atoms in total. The number of carbonyl (C=O) groups excluding carboxylic acids is 1. The summed E-state index contributed by atoms with van der Waals surface area (Å²) >= 11 is 6.10. The third-order valence-electron chi connectivity index (χ3n) is 3.74. The van der Waals surface area contributed by atoms with Gasteiger partial charge in [-0.25, -0.2) is 8.78 Å². The number of carbonyl (C=O) groups is 1. The monoisotopic (exact) mass is 374 g/mol. The van der Waals surface area contributed by atoms with E-state index in [1.54, 1.807) is 24.3 Å². The minimum absolute atomic E-state index is 0.175. The van der Waals surface area contributed by atoms with E-state index in [4.69, 9.17) is 11.6 Å². The van der Waals surface area contributed by atoms with Gasteiger partial charge in [0, 0.05) is 17.3 Å². The summed E-state index contributed by atoms with van der Waals surface area (Å²) < 4.78 is 28.2. The molecule has 1 aromatic heterocycles. The Hall–Kier alpha value is -2.99. The van der Waals surface area contributed by atoms with E-state index >= 15 is 0 Å². The van der Waals surface area contributed by atoms with Crippen molar-refractivity contribution < 1.29 is 13.6 Å². The lowest BCUT2D eigenvalue weighted by Crippen LogP contribution is -2.29. The topological polar surface area (TPSA) is 51.1 Å². The molecule has 0 spiro atoms. The molecular weight excluding hydrogens is 362 g/mol. The molecule has 3 aromatic rings. The maximum absolute atomic E-state index is 13.7. The summed E-state index contributed by atoms with van der Waals surface area (Å²) in [4.78, 5) is 24.9. The summed E-state index contributed by atoms with van der Waals surface area (Å²) in [6.45, 7) is 0.175. The van der Waals surface area contributed by atoms with Gasteiger partial charge in [-0.3, -0.25) is 9.59 Å². The van der Waals surface area contributed by atoms with Gasteiger partial charge in [0.2, 0.25) is 0 Å². The highest BCUT2D eigenvalue weighted by molar-refractivity contribution is 6.31. The Morgan fingerprint density at radius 1 is 1.08 bits per heavy atom. The van der Waals surface area contributed by atoms with Crippen molar-refractivity contribution >= 4 is 23.2 Å². The van der Waals surface area contributed by atoms with Gasteiger partial charge in [-0.15, -0.1) is 0 Å². The van der Waals surface area contributed by atoms with E-state index in [0.29, 0.717) is 10.6 Å². The minimum atomic E-state index is -0.826. The first-order chi connectivity index (χ1) is 12.5. The standard InChI is InChI=1S/C19H13ClF2N2O2/c20-15-6-2-1-4-12(15)11-24-9-3-5-14(19(24)26)18(25)23-17-10-13(21)7-8-16(17)22/h1-10H,11H2,(H,23,25). The average Bonchev–Trinajstić information content (AvgIpc) is 2.61. The number of halogens is 3. The SMILES string of the molecule is O=C(Nc1cc(F)ccc1F)c1cccn(Cc2ccccc2Cl)c1=O. The number of anilines is 1. The van der Waals surface area contributed by atoms with Gasteiger partial charge in [0.15, 0.2) is 0 Å². The number of pyridine rings is 1. The summed E-state index contributed by atoms with van der Waals surface area (Å²) in [7, 11) is 0. The second kappa shape index (κ2) is 7.49. The number of benzene rings is 2. The molecule has 0 radical (unpaired) electrons. The van der Waals surface area contributed by atoms with Crippen LogP contribution in [0.25, 0.3) is 0 Å². The first kappa shape index (κ1) is 17.8. The Bertz CT molecular complexity index is 1030. The zero-order valence-electron chi connectivity index (χ0n) is 13.4. The van der Waals surface area contributed by atoms with Crippen molar-refractivity contribution in [3.63, 3.8) is 0 Å². The number of hydrogen-bond donors (Lipinski definition) is 1. The normalized spacial score (nSPS) is 10.6. The van der Waals surface area contributed by atoms with E-state index in [2.05, 4.69) is 5.32 Å². The van der Waals surface area contributed by atoms with Crippen LogP contribution in [0.4, 0.5) is 14.5 Å². The molecule has 1 heterocycles. The zero-order valence-corrected chi connectivity index (χ0v) is 14.1. The van der Waals surface area contributed by atoms with Crippen LogP contribution in [0.5, 0.6) is 0 Å². The summed E-state index contributed by atoms with van der Waals surface area (Å²) in [5.74, 6) is -2.33. The van der Waals surface area contributed by atoms with Crippen molar-refractivity contribution in [1.82, 2.24) is 4.57 Å². The predicted molar refractivity (Wildman–Crippen MR) is 95.6 cm³/mol. The van der Waals surface area contributed by atoms with E-state index in [1.807, 2.05) is 0 Å². The molecule has 26 heavy (non-hydrogen) atoms. The van der Waals surface area contributed by atoms with Crippen LogP contribution in [0.1, 0.15) is 15.9 Å². The van der Waals surface area contributed by atoms with Gasteiger partial charge in [0.1, 0.15) is 17.2 Å². The van der Waals surface area contributed by atoms with Crippen LogP contribution in [0, 0.1) is 11.6 Å². The van der Waals surface area contributed by atoms with E-state index < -0.39 is 23.1 Å². The van der Waals surface area contributed by atoms with Crippen LogP contribution in [0.2, 0.25) is 5.02 Å². The minimum Gasteiger partial charge on any atom is -0.319 e. The molecule has 0 aliphatic heterocycles. The van der Waals surface area contributed by atoms with Crippen LogP contribution in [0.3, 0.4) is 0 Å². The maximum atomic E-state index is 13.7. The van der Waals surface area contributed by atoms with Gasteiger partial charge in [-0.1, -0.05) is 29.8 Å². The molecule has 0 aliphatic rings. The fourth-order valence-corrected chi connectivity index (χ4v) is 2.62. The van der Waals surface area contributed by atoms with Crippen LogP contribution in [-0.2, 0) is 6.54 Å². The molecule has 0 saturated heterocycles. The van der Waals surface area contributed by atoms with Gasteiger partial charge >= 0.3 is 0 Å². The van der Waals surface area contributed by atoms with E-state index in [0.717, 1.165) is 18.2 Å². The van der Waals surface area contributed by atoms with E-state index in [-0.39, 0.29) is 17.8 Å². The molecule has 0 unspecified atom stereocenters. The van der Waals surface area contributed by atoms with Crippen molar-refractivity contribution in [3.05, 3.63) is 98.9 Å². The number of nitrogens with zero attached hydrogens (tertiary/aromatic N) is 1. The number of aromatic nitrogens is 1. The molecular formula is C19H13ClF2N2O2. The van der Waals surface area contributed by atoms with Crippen LogP contribution >= 0.6 is 11.6 Å². The largest absolute Gasteiger partial charge is 0.319 e. The lowest BCUT2D eigenvalue weighted by molar-refractivity contribution is 0.102. The van der Waals surface area contributed by atoms with Crippen LogP contribution < -0.4 is 10.9 Å². The van der Waals surface area contributed by atoms with Crippen molar-refractivity contribution in [2.45, 2.75) is 6.54 Å². The first-order valence-corrected chi connectivity index (χ1v) is 8.03. The predicted octanol–water partition coefficient (Wildman–Crippen LogP) is 4.08. The lowest BCUT2D eigenvalue weighted by atomic mass is 10.2. The molecule has 1 N–H and O–H groups in total. The number of nitrogens with one attached hydrogen (secondary N) is 1. The molecule has 0 fully saturated rings. The first-order valence-electron chi connectivity index (χ1n) is 7.65. The Morgan fingerprint density at radius 3 is 2.62 bits per heavy atom. The molecule has 0 bridgehead atoms. The molecule has 1 amide bonds. The van der Waals surface area contributed by atoms with Gasteiger partial charge in [-0.05, 0) is 35.9 Å². The summed E-state index contributed by atoms with van der Waals surface area (Å²) in [5.41, 5.74) is -0.383. The number of amides is 1. The maximum Gasteiger partial charge on any atom is 0.263 e. The number of hydrogen-bond acceptors (Lipinski definition) is 2. The van der Waals surface area contributed by atoms with Gasteiger partial charge < -0.3 is 9.88 Å². The molecule has 2 aromatic carbocycles. The smallest absolute Gasteiger partial charge is 0.263 e. The third kappa shape index (κ3) is 3.81. The van der Waals surface area contributed by atoms with Gasteiger partial charge in [0.25, 0.3) is 11.5 Å². The fourth-order valence-electron chi connectivity index (χ4n) is 2.43. The van der Waals surface area contributed by atoms with Crippen molar-refractivity contribution in [3.8, 4) is 0 Å².